The second-order valence-electron chi connectivity index (χ2n) is 9.60. The molecule has 0 radical (unpaired) electrons. The van der Waals surface area contributed by atoms with Gasteiger partial charge < -0.3 is 9.80 Å². The van der Waals surface area contributed by atoms with Crippen molar-refractivity contribution in [2.45, 2.75) is 52.1 Å². The molecule has 5 nitrogen and oxygen atoms in total. The molecule has 1 atom stereocenters. The molecule has 186 valence electrons. The molecule has 2 aromatic heterocycles. The highest BCUT2D eigenvalue weighted by atomic mass is 32.1. The van der Waals surface area contributed by atoms with Crippen molar-refractivity contribution >= 4 is 33.3 Å². The molecule has 3 heterocycles. The Kier molecular flexibility index (Phi) is 6.46. The van der Waals surface area contributed by atoms with Gasteiger partial charge in [-0.1, -0.05) is 13.8 Å². The Morgan fingerprint density at radius 2 is 1.83 bits per heavy atom. The van der Waals surface area contributed by atoms with Gasteiger partial charge in [0.1, 0.15) is 16.5 Å². The molecular weight excluding hydrogens is 473 g/mol. The Bertz CT molecular complexity index is 1230. The van der Waals surface area contributed by atoms with E-state index in [0.29, 0.717) is 32.1 Å². The minimum Gasteiger partial charge on any atom is -0.352 e. The van der Waals surface area contributed by atoms with Crippen LogP contribution in [-0.4, -0.2) is 47.0 Å². The molecule has 1 saturated heterocycles. The maximum atomic E-state index is 12.9. The van der Waals surface area contributed by atoms with Gasteiger partial charge in [-0.25, -0.2) is 9.97 Å². The number of fused-ring (bicyclic) bond motifs is 3. The predicted octanol–water partition coefficient (Wildman–Crippen LogP) is 5.75. The monoisotopic (exact) mass is 502 g/mol. The summed E-state index contributed by atoms with van der Waals surface area (Å²) < 4.78 is 38.6. The number of rotatable bonds is 4. The van der Waals surface area contributed by atoms with Crippen LogP contribution >= 0.6 is 11.3 Å². The summed E-state index contributed by atoms with van der Waals surface area (Å²) in [6.07, 6.45) is 0.702. The van der Waals surface area contributed by atoms with Crippen LogP contribution in [0, 0.1) is 5.92 Å². The van der Waals surface area contributed by atoms with Crippen LogP contribution in [0.4, 0.5) is 19.0 Å². The third-order valence-corrected chi connectivity index (χ3v) is 8.13. The molecule has 1 amide bonds. The van der Waals surface area contributed by atoms with Gasteiger partial charge in [-0.3, -0.25) is 4.79 Å². The van der Waals surface area contributed by atoms with Gasteiger partial charge in [-0.15, -0.1) is 11.3 Å². The first-order valence-electron chi connectivity index (χ1n) is 12.3. The molecule has 5 rings (SSSR count). The lowest BCUT2D eigenvalue weighted by Crippen LogP contribution is -2.49. The zero-order chi connectivity index (χ0) is 24.7. The highest BCUT2D eigenvalue weighted by Crippen LogP contribution is 2.41. The number of alkyl halides is 3. The van der Waals surface area contributed by atoms with Gasteiger partial charge >= 0.3 is 6.18 Å². The number of benzene rings is 1. The van der Waals surface area contributed by atoms with Crippen molar-refractivity contribution in [2.75, 3.05) is 31.1 Å². The third-order valence-electron chi connectivity index (χ3n) is 6.98. The van der Waals surface area contributed by atoms with Crippen molar-refractivity contribution in [1.29, 1.82) is 0 Å². The number of nitrogens with zero attached hydrogens (tertiary/aromatic N) is 4. The first-order valence-corrected chi connectivity index (χ1v) is 13.1. The fourth-order valence-corrected chi connectivity index (χ4v) is 6.43. The van der Waals surface area contributed by atoms with Crippen molar-refractivity contribution in [2.24, 2.45) is 5.92 Å². The van der Waals surface area contributed by atoms with Crippen LogP contribution in [0.2, 0.25) is 0 Å². The van der Waals surface area contributed by atoms with Gasteiger partial charge in [0.15, 0.2) is 0 Å². The summed E-state index contributed by atoms with van der Waals surface area (Å²) in [4.78, 5) is 29.3. The molecule has 9 heteroatoms. The van der Waals surface area contributed by atoms with Crippen LogP contribution in [-0.2, 0) is 25.4 Å². The average Bonchev–Trinajstić information content (AvgIpc) is 3.20. The fourth-order valence-electron chi connectivity index (χ4n) is 5.04. The number of carbonyl (C=O) groups excluding carboxylic acids is 1. The summed E-state index contributed by atoms with van der Waals surface area (Å²) in [5.74, 6) is 2.29. The van der Waals surface area contributed by atoms with Crippen LogP contribution in [0.25, 0.3) is 10.2 Å². The smallest absolute Gasteiger partial charge is 0.352 e. The number of amides is 1. The minimum atomic E-state index is -4.41. The van der Waals surface area contributed by atoms with E-state index in [4.69, 9.17) is 9.97 Å². The Labute approximate surface area is 207 Å². The van der Waals surface area contributed by atoms with Crippen LogP contribution in [0.3, 0.4) is 0 Å². The highest BCUT2D eigenvalue weighted by Gasteiger charge is 2.31. The molecule has 2 aliphatic rings. The lowest BCUT2D eigenvalue weighted by atomic mass is 9.89. The van der Waals surface area contributed by atoms with Crippen molar-refractivity contribution < 1.29 is 18.0 Å². The van der Waals surface area contributed by atoms with Crippen molar-refractivity contribution in [1.82, 2.24) is 14.9 Å². The summed E-state index contributed by atoms with van der Waals surface area (Å²) in [7, 11) is 0. The Balaban J connectivity index is 1.37. The zero-order valence-corrected chi connectivity index (χ0v) is 20.8. The van der Waals surface area contributed by atoms with E-state index in [-0.39, 0.29) is 11.5 Å². The molecule has 35 heavy (non-hydrogen) atoms. The van der Waals surface area contributed by atoms with E-state index >= 15 is 0 Å². The molecule has 0 bridgehead atoms. The van der Waals surface area contributed by atoms with E-state index in [1.807, 2.05) is 0 Å². The minimum absolute atomic E-state index is 0.236. The van der Waals surface area contributed by atoms with Crippen molar-refractivity contribution in [3.05, 3.63) is 51.7 Å². The molecular formula is C26H29F3N4OS. The average molecular weight is 503 g/mol. The number of aromatic nitrogens is 2. The quantitative estimate of drug-likeness (QED) is 0.456. The largest absolute Gasteiger partial charge is 0.416 e. The van der Waals surface area contributed by atoms with Gasteiger partial charge in [0.25, 0.3) is 5.91 Å². The van der Waals surface area contributed by atoms with Crippen LogP contribution in [0.1, 0.15) is 58.9 Å². The molecule has 1 aliphatic heterocycles. The van der Waals surface area contributed by atoms with E-state index in [9.17, 15) is 18.0 Å². The summed E-state index contributed by atoms with van der Waals surface area (Å²) >= 11 is 1.80. The Morgan fingerprint density at radius 1 is 1.11 bits per heavy atom. The number of hydrogen-bond acceptors (Lipinski definition) is 5. The van der Waals surface area contributed by atoms with E-state index < -0.39 is 11.7 Å². The van der Waals surface area contributed by atoms with E-state index in [1.54, 1.807) is 16.2 Å². The first kappa shape index (κ1) is 24.0. The molecule has 1 fully saturated rings. The maximum Gasteiger partial charge on any atom is 0.416 e. The first-order chi connectivity index (χ1) is 16.7. The van der Waals surface area contributed by atoms with Gasteiger partial charge in [-0.2, -0.15) is 13.2 Å². The van der Waals surface area contributed by atoms with E-state index in [2.05, 4.69) is 18.7 Å². The van der Waals surface area contributed by atoms with Crippen LogP contribution in [0.5, 0.6) is 0 Å². The molecule has 1 aliphatic carbocycles. The molecule has 1 aromatic carbocycles. The number of piperazine rings is 1. The molecule has 0 spiro atoms. The number of anilines is 1. The maximum absolute atomic E-state index is 12.9. The standard InChI is InChI=1S/C26H29F3N4OS/c1-3-4-21-30-23(22-19-10-5-16(2)15-20(19)35-24(22)31-21)32-11-13-33(14-12-32)25(34)17-6-8-18(9-7-17)26(27,28)29/h6-9,16H,3-5,10-15H2,1-2H3/t16-/m0/s1. The van der Waals surface area contributed by atoms with Crippen molar-refractivity contribution in [3.8, 4) is 0 Å². The van der Waals surface area contributed by atoms with Crippen LogP contribution < -0.4 is 4.90 Å². The second-order valence-corrected chi connectivity index (χ2v) is 10.7. The molecule has 0 saturated carbocycles. The lowest BCUT2D eigenvalue weighted by molar-refractivity contribution is -0.137. The summed E-state index contributed by atoms with van der Waals surface area (Å²) in [6.45, 7) is 6.68. The number of carbonyl (C=O) groups is 1. The summed E-state index contributed by atoms with van der Waals surface area (Å²) in [5, 5.41) is 1.18. The van der Waals surface area contributed by atoms with E-state index in [0.717, 1.165) is 54.3 Å². The third kappa shape index (κ3) is 4.75. The Hall–Kier alpha value is -2.68. The molecule has 0 unspecified atom stereocenters. The predicted molar refractivity (Wildman–Crippen MR) is 132 cm³/mol. The normalized spacial score (nSPS) is 18.7. The fraction of sp³-hybridized carbons (Fsp3) is 0.500. The number of aryl methyl sites for hydroxylation is 2. The van der Waals surface area contributed by atoms with Gasteiger partial charge in [0.05, 0.1) is 10.9 Å². The van der Waals surface area contributed by atoms with Crippen molar-refractivity contribution in [3.63, 3.8) is 0 Å². The summed E-state index contributed by atoms with van der Waals surface area (Å²) in [5.41, 5.74) is 0.926. The van der Waals surface area contributed by atoms with Gasteiger partial charge in [-0.05, 0) is 61.4 Å². The van der Waals surface area contributed by atoms with Crippen LogP contribution in [0.15, 0.2) is 24.3 Å². The highest BCUT2D eigenvalue weighted by molar-refractivity contribution is 7.19. The molecule has 3 aromatic rings. The number of thiophene rings is 1. The van der Waals surface area contributed by atoms with E-state index in [1.165, 1.54) is 34.4 Å². The number of hydrogen-bond donors (Lipinski definition) is 0. The SMILES string of the molecule is CCCc1nc(N2CCN(C(=O)c3ccc(C(F)(F)F)cc3)CC2)c2c3c(sc2n1)C[C@@H](C)CC3. The topological polar surface area (TPSA) is 49.3 Å². The number of halogens is 3. The van der Waals surface area contributed by atoms with Gasteiger partial charge in [0, 0.05) is 43.0 Å². The zero-order valence-electron chi connectivity index (χ0n) is 20.0. The lowest BCUT2D eigenvalue weighted by Gasteiger charge is -2.36. The second kappa shape index (κ2) is 9.41. The molecule has 0 N–H and O–H groups in total. The summed E-state index contributed by atoms with van der Waals surface area (Å²) in [6, 6.07) is 4.47. The Morgan fingerprint density at radius 3 is 2.49 bits per heavy atom. The van der Waals surface area contributed by atoms with Gasteiger partial charge in [0.2, 0.25) is 0 Å².